The molecule has 7 heteroatoms. The molecule has 3 rings (SSSR count). The molecule has 0 spiro atoms. The summed E-state index contributed by atoms with van der Waals surface area (Å²) >= 11 is 3.19. The summed E-state index contributed by atoms with van der Waals surface area (Å²) in [6, 6.07) is 13.3. The number of nitrogens with zero attached hydrogens (tertiary/aromatic N) is 3. The number of halogens is 1. The van der Waals surface area contributed by atoms with Crippen molar-refractivity contribution in [1.82, 2.24) is 14.7 Å². The van der Waals surface area contributed by atoms with E-state index in [0.717, 1.165) is 18.7 Å². The van der Waals surface area contributed by atoms with E-state index in [2.05, 4.69) is 27.9 Å². The first-order valence-electron chi connectivity index (χ1n) is 8.49. The van der Waals surface area contributed by atoms with Gasteiger partial charge in [-0.1, -0.05) is 30.3 Å². The van der Waals surface area contributed by atoms with Crippen LogP contribution >= 0.6 is 15.9 Å². The Morgan fingerprint density at radius 1 is 1.19 bits per heavy atom. The second-order valence-corrected chi connectivity index (χ2v) is 7.32. The molecule has 1 aromatic carbocycles. The number of rotatable bonds is 4. The van der Waals surface area contributed by atoms with Gasteiger partial charge in [-0.05, 0) is 40.7 Å². The molecule has 26 heavy (non-hydrogen) atoms. The third kappa shape index (κ3) is 4.16. The maximum atomic E-state index is 12.9. The number of carbonyl (C=O) groups is 2. The molecule has 1 aliphatic rings. The molecule has 1 fully saturated rings. The Bertz CT molecular complexity index is 777. The van der Waals surface area contributed by atoms with Crippen LogP contribution in [0.2, 0.25) is 0 Å². The third-order valence-corrected chi connectivity index (χ3v) is 5.02. The second kappa shape index (κ2) is 8.05. The fourth-order valence-corrected chi connectivity index (χ4v) is 3.47. The van der Waals surface area contributed by atoms with Crippen molar-refractivity contribution < 1.29 is 14.0 Å². The van der Waals surface area contributed by atoms with E-state index < -0.39 is 0 Å². The minimum absolute atomic E-state index is 0.0105. The predicted octanol–water partition coefficient (Wildman–Crippen LogP) is 2.63. The molecule has 1 aliphatic heterocycles. The van der Waals surface area contributed by atoms with Gasteiger partial charge < -0.3 is 19.1 Å². The van der Waals surface area contributed by atoms with Gasteiger partial charge in [0.25, 0.3) is 5.91 Å². The molecule has 2 aromatic rings. The lowest BCUT2D eigenvalue weighted by molar-refractivity contribution is -0.136. The molecule has 2 amide bonds. The van der Waals surface area contributed by atoms with Crippen LogP contribution in [0.25, 0.3) is 0 Å². The van der Waals surface area contributed by atoms with E-state index in [1.807, 2.05) is 35.2 Å². The maximum absolute atomic E-state index is 12.9. The van der Waals surface area contributed by atoms with Crippen molar-refractivity contribution in [2.75, 3.05) is 40.3 Å². The van der Waals surface area contributed by atoms with Gasteiger partial charge in [0.05, 0.1) is 12.6 Å². The van der Waals surface area contributed by atoms with Gasteiger partial charge in [-0.3, -0.25) is 9.59 Å². The number of likely N-dealkylation sites (N-methyl/N-ethyl adjacent to an activating group) is 2. The van der Waals surface area contributed by atoms with Crippen LogP contribution in [-0.4, -0.2) is 66.8 Å². The predicted molar refractivity (Wildman–Crippen MR) is 102 cm³/mol. The van der Waals surface area contributed by atoms with Gasteiger partial charge in [0.2, 0.25) is 5.91 Å². The summed E-state index contributed by atoms with van der Waals surface area (Å²) in [6.07, 6.45) is 0. The lowest BCUT2D eigenvalue weighted by Gasteiger charge is -2.40. The lowest BCUT2D eigenvalue weighted by atomic mass is 10.0. The van der Waals surface area contributed by atoms with Gasteiger partial charge in [-0.2, -0.15) is 0 Å². The molecule has 0 N–H and O–H groups in total. The zero-order valence-electron chi connectivity index (χ0n) is 14.9. The van der Waals surface area contributed by atoms with Crippen LogP contribution in [0.1, 0.15) is 22.2 Å². The Hall–Kier alpha value is -2.12. The lowest BCUT2D eigenvalue weighted by Crippen LogP contribution is -2.52. The Balaban J connectivity index is 1.71. The quantitative estimate of drug-likeness (QED) is 0.763. The Morgan fingerprint density at radius 2 is 1.92 bits per heavy atom. The molecular weight excluding hydrogens is 398 g/mol. The number of amides is 2. The summed E-state index contributed by atoms with van der Waals surface area (Å²) in [7, 11) is 3.67. The van der Waals surface area contributed by atoms with Gasteiger partial charge in [0, 0.05) is 26.7 Å². The van der Waals surface area contributed by atoms with Crippen molar-refractivity contribution in [2.24, 2.45) is 0 Å². The van der Waals surface area contributed by atoms with Crippen LogP contribution in [0.4, 0.5) is 0 Å². The third-order valence-electron chi connectivity index (χ3n) is 4.59. The summed E-state index contributed by atoms with van der Waals surface area (Å²) in [6.45, 7) is 2.25. The van der Waals surface area contributed by atoms with E-state index in [9.17, 15) is 9.59 Å². The minimum atomic E-state index is -0.311. The highest BCUT2D eigenvalue weighted by Crippen LogP contribution is 2.25. The molecule has 1 saturated heterocycles. The number of benzene rings is 1. The largest absolute Gasteiger partial charge is 0.444 e. The molecule has 6 nitrogen and oxygen atoms in total. The van der Waals surface area contributed by atoms with Gasteiger partial charge >= 0.3 is 0 Å². The van der Waals surface area contributed by atoms with Crippen LogP contribution in [0.15, 0.2) is 51.6 Å². The molecule has 1 atom stereocenters. The first-order chi connectivity index (χ1) is 12.5. The van der Waals surface area contributed by atoms with Crippen molar-refractivity contribution in [3.05, 3.63) is 58.5 Å². The normalized spacial score (nSPS) is 18.0. The SMILES string of the molecule is CN1CCN(C(=O)CN(C)C(=O)c2ccc(Br)o2)[C@H](c2ccccc2)C1. The van der Waals surface area contributed by atoms with E-state index in [1.165, 1.54) is 4.90 Å². The molecule has 0 unspecified atom stereocenters. The van der Waals surface area contributed by atoms with Crippen molar-refractivity contribution in [3.63, 3.8) is 0 Å². The highest BCUT2D eigenvalue weighted by Gasteiger charge is 2.31. The maximum Gasteiger partial charge on any atom is 0.289 e. The number of hydrogen-bond donors (Lipinski definition) is 0. The zero-order valence-corrected chi connectivity index (χ0v) is 16.5. The van der Waals surface area contributed by atoms with E-state index in [-0.39, 0.29) is 30.2 Å². The molecule has 2 heterocycles. The molecule has 0 radical (unpaired) electrons. The van der Waals surface area contributed by atoms with Crippen molar-refractivity contribution >= 4 is 27.7 Å². The zero-order chi connectivity index (χ0) is 18.7. The molecule has 1 aromatic heterocycles. The van der Waals surface area contributed by atoms with Crippen LogP contribution in [0.5, 0.6) is 0 Å². The molecule has 138 valence electrons. The van der Waals surface area contributed by atoms with Crippen LogP contribution in [0, 0.1) is 0 Å². The number of furan rings is 1. The van der Waals surface area contributed by atoms with E-state index in [1.54, 1.807) is 19.2 Å². The highest BCUT2D eigenvalue weighted by atomic mass is 79.9. The second-order valence-electron chi connectivity index (χ2n) is 6.54. The fraction of sp³-hybridized carbons (Fsp3) is 0.368. The fourth-order valence-electron chi connectivity index (χ4n) is 3.16. The summed E-state index contributed by atoms with van der Waals surface area (Å²) in [5.74, 6) is -0.159. The Labute approximate surface area is 161 Å². The standard InChI is InChI=1S/C19H22BrN3O3/c1-21-10-11-23(15(12-21)14-6-4-3-5-7-14)18(24)13-22(2)19(25)16-8-9-17(20)26-16/h3-9,15H,10-13H2,1-2H3/t15-/m0/s1. The summed E-state index contributed by atoms with van der Waals surface area (Å²) < 4.78 is 5.78. The molecule has 0 aliphatic carbocycles. The van der Waals surface area contributed by atoms with Crippen LogP contribution in [0.3, 0.4) is 0 Å². The number of carbonyl (C=O) groups excluding carboxylic acids is 2. The Kier molecular flexibility index (Phi) is 5.78. The highest BCUT2D eigenvalue weighted by molar-refractivity contribution is 9.10. The van der Waals surface area contributed by atoms with E-state index in [0.29, 0.717) is 11.2 Å². The van der Waals surface area contributed by atoms with Gasteiger partial charge in [-0.25, -0.2) is 0 Å². The van der Waals surface area contributed by atoms with Crippen LogP contribution in [-0.2, 0) is 4.79 Å². The number of piperazine rings is 1. The molecule has 0 saturated carbocycles. The average molecular weight is 420 g/mol. The average Bonchev–Trinajstić information content (AvgIpc) is 3.08. The van der Waals surface area contributed by atoms with Crippen LogP contribution < -0.4 is 0 Å². The van der Waals surface area contributed by atoms with Crippen molar-refractivity contribution in [1.29, 1.82) is 0 Å². The summed E-state index contributed by atoms with van der Waals surface area (Å²) in [5, 5.41) is 0. The van der Waals surface area contributed by atoms with Gasteiger partial charge in [0.15, 0.2) is 10.4 Å². The topological polar surface area (TPSA) is 57.0 Å². The first kappa shape index (κ1) is 18.7. The first-order valence-corrected chi connectivity index (χ1v) is 9.29. The summed E-state index contributed by atoms with van der Waals surface area (Å²) in [5.41, 5.74) is 1.11. The monoisotopic (exact) mass is 419 g/mol. The molecular formula is C19H22BrN3O3. The van der Waals surface area contributed by atoms with Gasteiger partial charge in [-0.15, -0.1) is 0 Å². The van der Waals surface area contributed by atoms with E-state index in [4.69, 9.17) is 4.42 Å². The molecule has 0 bridgehead atoms. The van der Waals surface area contributed by atoms with Gasteiger partial charge in [0.1, 0.15) is 0 Å². The minimum Gasteiger partial charge on any atom is -0.444 e. The number of hydrogen-bond acceptors (Lipinski definition) is 4. The van der Waals surface area contributed by atoms with Crippen molar-refractivity contribution in [3.8, 4) is 0 Å². The Morgan fingerprint density at radius 3 is 2.58 bits per heavy atom. The van der Waals surface area contributed by atoms with E-state index >= 15 is 0 Å². The summed E-state index contributed by atoms with van der Waals surface area (Å²) in [4.78, 5) is 30.8. The van der Waals surface area contributed by atoms with Crippen molar-refractivity contribution in [2.45, 2.75) is 6.04 Å². The smallest absolute Gasteiger partial charge is 0.289 e.